The minimum absolute atomic E-state index is 0.0174. The number of rotatable bonds is 7. The minimum atomic E-state index is -3.82. The summed E-state index contributed by atoms with van der Waals surface area (Å²) in [5.41, 5.74) is 0. The van der Waals surface area contributed by atoms with Gasteiger partial charge in [-0.2, -0.15) is 0 Å². The van der Waals surface area contributed by atoms with E-state index in [1.165, 1.54) is 25.1 Å². The van der Waals surface area contributed by atoms with Crippen molar-refractivity contribution in [3.05, 3.63) is 18.2 Å². The van der Waals surface area contributed by atoms with Gasteiger partial charge in [-0.1, -0.05) is 0 Å². The Kier molecular flexibility index (Phi) is 6.96. The van der Waals surface area contributed by atoms with Gasteiger partial charge in [-0.3, -0.25) is 9.59 Å². The third kappa shape index (κ3) is 5.60. The first-order chi connectivity index (χ1) is 13.9. The van der Waals surface area contributed by atoms with Crippen molar-refractivity contribution in [2.45, 2.75) is 43.6 Å². The number of benzene rings is 1. The van der Waals surface area contributed by atoms with Crippen molar-refractivity contribution in [2.75, 3.05) is 32.8 Å². The van der Waals surface area contributed by atoms with Crippen LogP contribution in [0.15, 0.2) is 23.1 Å². The third-order valence-corrected chi connectivity index (χ3v) is 6.23. The molecule has 0 unspecified atom stereocenters. The zero-order chi connectivity index (χ0) is 20.9. The Bertz CT molecular complexity index is 850. The number of nitrogens with zero attached hydrogens (tertiary/aromatic N) is 1. The lowest BCUT2D eigenvalue weighted by atomic mass is 10.1. The van der Waals surface area contributed by atoms with E-state index in [1.807, 2.05) is 0 Å². The van der Waals surface area contributed by atoms with Crippen LogP contribution < -0.4 is 14.2 Å². The summed E-state index contributed by atoms with van der Waals surface area (Å²) >= 11 is 0. The van der Waals surface area contributed by atoms with Crippen LogP contribution in [-0.2, 0) is 24.3 Å². The summed E-state index contributed by atoms with van der Waals surface area (Å²) in [7, 11) is -3.82. The first kappa shape index (κ1) is 21.4. The fourth-order valence-electron chi connectivity index (χ4n) is 3.24. The van der Waals surface area contributed by atoms with E-state index in [1.54, 1.807) is 4.90 Å². The number of hydrogen-bond acceptors (Lipinski definition) is 7. The van der Waals surface area contributed by atoms with Gasteiger partial charge in [0.15, 0.2) is 17.6 Å². The van der Waals surface area contributed by atoms with E-state index < -0.39 is 22.1 Å². The van der Waals surface area contributed by atoms with Crippen LogP contribution in [0, 0.1) is 0 Å². The second-order valence-corrected chi connectivity index (χ2v) is 8.74. The Labute approximate surface area is 170 Å². The molecule has 1 saturated heterocycles. The lowest BCUT2D eigenvalue weighted by Crippen LogP contribution is -2.42. The molecule has 1 N–H and O–H groups in total. The Hall–Kier alpha value is -2.33. The van der Waals surface area contributed by atoms with Gasteiger partial charge in [0.25, 0.3) is 5.91 Å². The van der Waals surface area contributed by atoms with Crippen molar-refractivity contribution < 1.29 is 32.2 Å². The summed E-state index contributed by atoms with van der Waals surface area (Å²) < 4.78 is 43.1. The molecular formula is C19H26N2O7S. The standard InChI is InChI=1S/C19H26N2O7S/c1-14(19(23)21-9-3-2-4-10-21)28-18(22)7-8-20-29(24,25)15-5-6-16-17(13-15)27-12-11-26-16/h5-6,13-14,20H,2-4,7-12H2,1H3/t14-/m1/s1. The summed E-state index contributed by atoms with van der Waals surface area (Å²) in [6.45, 7) is 3.52. The predicted molar refractivity (Wildman–Crippen MR) is 103 cm³/mol. The summed E-state index contributed by atoms with van der Waals surface area (Å²) in [6.07, 6.45) is 1.94. The molecule has 0 aromatic heterocycles. The molecule has 2 aliphatic heterocycles. The molecule has 9 nitrogen and oxygen atoms in total. The number of carbonyl (C=O) groups excluding carboxylic acids is 2. The quantitative estimate of drug-likeness (QED) is 0.649. The highest BCUT2D eigenvalue weighted by atomic mass is 32.2. The number of likely N-dealkylation sites (tertiary alicyclic amines) is 1. The normalized spacial score (nSPS) is 17.5. The average molecular weight is 426 g/mol. The molecule has 0 saturated carbocycles. The number of nitrogens with one attached hydrogen (secondary N) is 1. The second kappa shape index (κ2) is 9.45. The van der Waals surface area contributed by atoms with Crippen LogP contribution in [-0.4, -0.2) is 64.1 Å². The molecule has 3 rings (SSSR count). The molecule has 10 heteroatoms. The zero-order valence-corrected chi connectivity index (χ0v) is 17.2. The van der Waals surface area contributed by atoms with E-state index in [2.05, 4.69) is 4.72 Å². The first-order valence-corrected chi connectivity index (χ1v) is 11.2. The molecule has 1 fully saturated rings. The Morgan fingerprint density at radius 3 is 2.55 bits per heavy atom. The number of amides is 1. The summed E-state index contributed by atoms with van der Waals surface area (Å²) in [5.74, 6) is 0.0114. The zero-order valence-electron chi connectivity index (χ0n) is 16.4. The van der Waals surface area contributed by atoms with Gasteiger partial charge in [0.1, 0.15) is 13.2 Å². The maximum absolute atomic E-state index is 12.4. The SMILES string of the molecule is C[C@@H](OC(=O)CCNS(=O)(=O)c1ccc2c(c1)OCCO2)C(=O)N1CCCCC1. The van der Waals surface area contributed by atoms with Crippen LogP contribution in [0.5, 0.6) is 11.5 Å². The van der Waals surface area contributed by atoms with Crippen LogP contribution in [0.4, 0.5) is 0 Å². The summed E-state index contributed by atoms with van der Waals surface area (Å²) in [4.78, 5) is 26.0. The monoisotopic (exact) mass is 426 g/mol. The van der Waals surface area contributed by atoms with Crippen molar-refractivity contribution in [2.24, 2.45) is 0 Å². The minimum Gasteiger partial charge on any atom is -0.486 e. The second-order valence-electron chi connectivity index (χ2n) is 6.97. The van der Waals surface area contributed by atoms with Gasteiger partial charge in [-0.25, -0.2) is 13.1 Å². The van der Waals surface area contributed by atoms with Crippen LogP contribution in [0.2, 0.25) is 0 Å². The number of ether oxygens (including phenoxy) is 3. The van der Waals surface area contributed by atoms with Gasteiger partial charge in [0.2, 0.25) is 10.0 Å². The Morgan fingerprint density at radius 1 is 1.14 bits per heavy atom. The van der Waals surface area contributed by atoms with Gasteiger partial charge >= 0.3 is 5.97 Å². The maximum atomic E-state index is 12.4. The van der Waals surface area contributed by atoms with Crippen LogP contribution >= 0.6 is 0 Å². The predicted octanol–water partition coefficient (Wildman–Crippen LogP) is 1.07. The molecule has 1 aromatic rings. The molecule has 2 aliphatic rings. The van der Waals surface area contributed by atoms with Crippen molar-refractivity contribution in [1.82, 2.24) is 9.62 Å². The Morgan fingerprint density at radius 2 is 1.83 bits per heavy atom. The maximum Gasteiger partial charge on any atom is 0.307 e. The highest BCUT2D eigenvalue weighted by Crippen LogP contribution is 2.32. The number of fused-ring (bicyclic) bond motifs is 1. The van der Waals surface area contributed by atoms with Gasteiger partial charge < -0.3 is 19.1 Å². The molecule has 0 radical (unpaired) electrons. The number of piperidine rings is 1. The Balaban J connectivity index is 1.47. The summed E-state index contributed by atoms with van der Waals surface area (Å²) in [6, 6.07) is 4.33. The third-order valence-electron chi connectivity index (χ3n) is 4.77. The van der Waals surface area contributed by atoms with Gasteiger partial charge in [-0.15, -0.1) is 0 Å². The van der Waals surface area contributed by atoms with Crippen LogP contribution in [0.1, 0.15) is 32.6 Å². The van der Waals surface area contributed by atoms with E-state index in [4.69, 9.17) is 14.2 Å². The van der Waals surface area contributed by atoms with Gasteiger partial charge in [0, 0.05) is 25.7 Å². The lowest BCUT2D eigenvalue weighted by Gasteiger charge is -2.28. The fourth-order valence-corrected chi connectivity index (χ4v) is 4.29. The molecule has 2 heterocycles. The molecule has 160 valence electrons. The molecule has 1 atom stereocenters. The van der Waals surface area contributed by atoms with Crippen molar-refractivity contribution in [3.8, 4) is 11.5 Å². The molecule has 29 heavy (non-hydrogen) atoms. The van der Waals surface area contributed by atoms with Gasteiger partial charge in [-0.05, 0) is 38.3 Å². The molecule has 1 amide bonds. The van der Waals surface area contributed by atoms with Crippen LogP contribution in [0.3, 0.4) is 0 Å². The largest absolute Gasteiger partial charge is 0.486 e. The van der Waals surface area contributed by atoms with Crippen LogP contribution in [0.25, 0.3) is 0 Å². The first-order valence-electron chi connectivity index (χ1n) is 9.74. The molecule has 1 aromatic carbocycles. The number of esters is 1. The topological polar surface area (TPSA) is 111 Å². The number of carbonyl (C=O) groups is 2. The van der Waals surface area contributed by atoms with E-state index in [0.29, 0.717) is 37.8 Å². The smallest absolute Gasteiger partial charge is 0.307 e. The highest BCUT2D eigenvalue weighted by Gasteiger charge is 2.25. The molecular weight excluding hydrogens is 400 g/mol. The molecule has 0 aliphatic carbocycles. The van der Waals surface area contributed by atoms with E-state index >= 15 is 0 Å². The van der Waals surface area contributed by atoms with E-state index in [0.717, 1.165) is 19.3 Å². The fraction of sp³-hybridized carbons (Fsp3) is 0.579. The van der Waals surface area contributed by atoms with Crippen molar-refractivity contribution in [3.63, 3.8) is 0 Å². The van der Waals surface area contributed by atoms with E-state index in [-0.39, 0.29) is 23.8 Å². The van der Waals surface area contributed by atoms with Crippen molar-refractivity contribution in [1.29, 1.82) is 0 Å². The molecule has 0 spiro atoms. The van der Waals surface area contributed by atoms with E-state index in [9.17, 15) is 18.0 Å². The lowest BCUT2D eigenvalue weighted by molar-refractivity contribution is -0.159. The average Bonchev–Trinajstić information content (AvgIpc) is 2.73. The molecule has 0 bridgehead atoms. The van der Waals surface area contributed by atoms with Crippen molar-refractivity contribution >= 4 is 21.9 Å². The van der Waals surface area contributed by atoms with Gasteiger partial charge in [0.05, 0.1) is 11.3 Å². The summed E-state index contributed by atoms with van der Waals surface area (Å²) in [5, 5.41) is 0. The number of sulfonamides is 1. The number of hydrogen-bond donors (Lipinski definition) is 1. The highest BCUT2D eigenvalue weighted by molar-refractivity contribution is 7.89.